The minimum absolute atomic E-state index is 0.706. The summed E-state index contributed by atoms with van der Waals surface area (Å²) in [6.07, 6.45) is 0. The number of benzene rings is 8. The van der Waals surface area contributed by atoms with Crippen molar-refractivity contribution in [3.63, 3.8) is 0 Å². The second-order valence-corrected chi connectivity index (χ2v) is 16.2. The molecule has 0 saturated carbocycles. The summed E-state index contributed by atoms with van der Waals surface area (Å²) in [4.78, 5) is 1.45. The van der Waals surface area contributed by atoms with Gasteiger partial charge >= 0.3 is 0 Å². The molecule has 2 aromatic heterocycles. The van der Waals surface area contributed by atoms with Crippen molar-refractivity contribution in [2.24, 2.45) is 4.36 Å². The van der Waals surface area contributed by atoms with Gasteiger partial charge in [0.1, 0.15) is 9.73 Å². The van der Waals surface area contributed by atoms with Crippen molar-refractivity contribution in [2.45, 2.75) is 9.79 Å². The van der Waals surface area contributed by atoms with Crippen molar-refractivity contribution in [2.75, 3.05) is 0 Å². The first-order chi connectivity index (χ1) is 27.2. The Hall–Kier alpha value is -6.95. The second kappa shape index (κ2) is 12.3. The van der Waals surface area contributed by atoms with Crippen LogP contribution < -0.4 is 0 Å². The van der Waals surface area contributed by atoms with Crippen LogP contribution in [0.2, 0.25) is 0 Å². The molecule has 1 aliphatic rings. The van der Waals surface area contributed by atoms with Crippen LogP contribution in [0.15, 0.2) is 214 Å². The van der Waals surface area contributed by atoms with Crippen molar-refractivity contribution in [3.8, 4) is 44.8 Å². The first kappa shape index (κ1) is 31.6. The van der Waals surface area contributed by atoms with Gasteiger partial charge in [-0.15, -0.1) is 0 Å². The Kier molecular flexibility index (Phi) is 7.06. The van der Waals surface area contributed by atoms with Crippen molar-refractivity contribution < 1.29 is 4.21 Å². The molecular weight excluding hydrogens is 691 g/mol. The van der Waals surface area contributed by atoms with Crippen molar-refractivity contribution in [3.05, 3.63) is 200 Å². The van der Waals surface area contributed by atoms with Gasteiger partial charge in [-0.1, -0.05) is 127 Å². The van der Waals surface area contributed by atoms with Crippen LogP contribution in [0.3, 0.4) is 0 Å². The standard InChI is InChI=1S/C50H33N3OS/c54-55(40-21-8-3-9-22-40)48-26-13-11-24-42(48)49-44-33-37(28-30-47(44)53(50(49)51-55)38-18-6-2-7-19-38)36-27-29-46-43(32-36)41-23-10-12-25-45(41)52(46)39-20-14-17-35(31-39)34-15-4-1-5-16-34/h1-33H. The molecule has 0 fully saturated rings. The summed E-state index contributed by atoms with van der Waals surface area (Å²) in [7, 11) is -2.96. The van der Waals surface area contributed by atoms with Gasteiger partial charge in [0.15, 0.2) is 5.82 Å². The van der Waals surface area contributed by atoms with E-state index >= 15 is 4.21 Å². The number of rotatable bonds is 5. The van der Waals surface area contributed by atoms with Gasteiger partial charge in [0.05, 0.1) is 26.3 Å². The van der Waals surface area contributed by atoms with Crippen LogP contribution in [0.25, 0.3) is 77.5 Å². The molecule has 0 spiro atoms. The lowest BCUT2D eigenvalue weighted by atomic mass is 9.98. The SMILES string of the molecule is O=S1(c2ccccc2)=Nc2c(c3cc(-c4ccc5c(c4)c4ccccc4n5-c4cccc(-c5ccccc5)c4)ccc3n2-c2ccccc2)-c2ccccc21. The highest BCUT2D eigenvalue weighted by Crippen LogP contribution is 2.51. The van der Waals surface area contributed by atoms with E-state index in [2.05, 4.69) is 143 Å². The molecule has 11 rings (SSSR count). The number of nitrogens with zero attached hydrogens (tertiary/aromatic N) is 3. The predicted octanol–water partition coefficient (Wildman–Crippen LogP) is 13.3. The fourth-order valence-corrected chi connectivity index (χ4v) is 10.5. The van der Waals surface area contributed by atoms with Crippen LogP contribution in [0.1, 0.15) is 0 Å². The summed E-state index contributed by atoms with van der Waals surface area (Å²) in [6.45, 7) is 0. The summed E-state index contributed by atoms with van der Waals surface area (Å²) in [5.41, 5.74) is 12.0. The fourth-order valence-electron chi connectivity index (χ4n) is 8.40. The van der Waals surface area contributed by atoms with E-state index in [1.165, 1.54) is 27.4 Å². The third kappa shape index (κ3) is 4.87. The molecule has 1 unspecified atom stereocenters. The second-order valence-electron chi connectivity index (χ2n) is 14.0. The molecule has 0 bridgehead atoms. The molecule has 8 aromatic carbocycles. The van der Waals surface area contributed by atoms with Gasteiger partial charge in [-0.3, -0.25) is 4.57 Å². The Morgan fingerprint density at radius 2 is 0.964 bits per heavy atom. The monoisotopic (exact) mass is 723 g/mol. The van der Waals surface area contributed by atoms with Crippen molar-refractivity contribution in [1.82, 2.24) is 9.13 Å². The largest absolute Gasteiger partial charge is 0.309 e. The van der Waals surface area contributed by atoms with Crippen LogP contribution in [-0.2, 0) is 9.73 Å². The van der Waals surface area contributed by atoms with Gasteiger partial charge in [-0.25, -0.2) is 4.21 Å². The first-order valence-corrected chi connectivity index (χ1v) is 20.0. The number of aromatic nitrogens is 2. The molecule has 0 radical (unpaired) electrons. The predicted molar refractivity (Wildman–Crippen MR) is 227 cm³/mol. The van der Waals surface area contributed by atoms with Gasteiger partial charge in [-0.05, 0) is 95.1 Å². The smallest absolute Gasteiger partial charge is 0.156 e. The number of fused-ring (bicyclic) bond motifs is 8. The normalized spacial score (nSPS) is 14.8. The Morgan fingerprint density at radius 3 is 1.75 bits per heavy atom. The highest BCUT2D eigenvalue weighted by Gasteiger charge is 2.32. The Labute approximate surface area is 319 Å². The van der Waals surface area contributed by atoms with E-state index in [4.69, 9.17) is 4.36 Å². The van der Waals surface area contributed by atoms with E-state index in [1.54, 1.807) is 0 Å². The van der Waals surface area contributed by atoms with Crippen LogP contribution in [0, 0.1) is 0 Å². The third-order valence-electron chi connectivity index (χ3n) is 10.9. The van der Waals surface area contributed by atoms with E-state index in [-0.39, 0.29) is 0 Å². The maximum atomic E-state index is 15.2. The molecule has 4 nitrogen and oxygen atoms in total. The van der Waals surface area contributed by atoms with Crippen LogP contribution in [-0.4, -0.2) is 13.3 Å². The van der Waals surface area contributed by atoms with Gasteiger partial charge in [0, 0.05) is 38.7 Å². The van der Waals surface area contributed by atoms with E-state index in [0.29, 0.717) is 10.7 Å². The van der Waals surface area contributed by atoms with E-state index < -0.39 is 9.73 Å². The molecule has 260 valence electrons. The fraction of sp³-hybridized carbons (Fsp3) is 0. The summed E-state index contributed by atoms with van der Waals surface area (Å²) >= 11 is 0. The van der Waals surface area contributed by atoms with Gasteiger partial charge in [0.25, 0.3) is 0 Å². The zero-order valence-corrected chi connectivity index (χ0v) is 30.5. The minimum atomic E-state index is -2.96. The molecule has 10 aromatic rings. The molecule has 5 heteroatoms. The average molecular weight is 724 g/mol. The molecule has 55 heavy (non-hydrogen) atoms. The van der Waals surface area contributed by atoms with Crippen LogP contribution in [0.4, 0.5) is 5.82 Å². The molecule has 3 heterocycles. The molecule has 1 aliphatic heterocycles. The highest BCUT2D eigenvalue weighted by atomic mass is 32.2. The molecule has 0 aliphatic carbocycles. The summed E-state index contributed by atoms with van der Waals surface area (Å²) in [5.74, 6) is 0.710. The van der Waals surface area contributed by atoms with Crippen LogP contribution >= 0.6 is 0 Å². The van der Waals surface area contributed by atoms with E-state index in [0.717, 1.165) is 54.9 Å². The number of hydrogen-bond donors (Lipinski definition) is 0. The minimum Gasteiger partial charge on any atom is -0.309 e. The molecule has 0 amide bonds. The van der Waals surface area contributed by atoms with Crippen molar-refractivity contribution in [1.29, 1.82) is 0 Å². The topological polar surface area (TPSA) is 39.3 Å². The average Bonchev–Trinajstić information content (AvgIpc) is 3.76. The quantitative estimate of drug-likeness (QED) is 0.174. The first-order valence-electron chi connectivity index (χ1n) is 18.5. The summed E-state index contributed by atoms with van der Waals surface area (Å²) in [5, 5.41) is 3.48. The number of para-hydroxylation sites is 2. The van der Waals surface area contributed by atoms with Crippen molar-refractivity contribution >= 4 is 48.3 Å². The molecule has 0 saturated heterocycles. The molecular formula is C50H33N3OS. The maximum Gasteiger partial charge on any atom is 0.156 e. The summed E-state index contributed by atoms with van der Waals surface area (Å²) in [6, 6.07) is 69.6. The Morgan fingerprint density at radius 1 is 0.400 bits per heavy atom. The van der Waals surface area contributed by atoms with Gasteiger partial charge in [0.2, 0.25) is 0 Å². The summed E-state index contributed by atoms with van der Waals surface area (Å²) < 4.78 is 25.0. The zero-order valence-electron chi connectivity index (χ0n) is 29.7. The highest BCUT2D eigenvalue weighted by molar-refractivity contribution is 7.94. The lowest BCUT2D eigenvalue weighted by Crippen LogP contribution is -2.08. The van der Waals surface area contributed by atoms with E-state index in [9.17, 15) is 0 Å². The Balaban J connectivity index is 1.13. The lowest BCUT2D eigenvalue weighted by molar-refractivity contribution is 0.676. The van der Waals surface area contributed by atoms with Gasteiger partial charge < -0.3 is 4.57 Å². The molecule has 1 atom stereocenters. The van der Waals surface area contributed by atoms with E-state index in [1.807, 2.05) is 66.7 Å². The van der Waals surface area contributed by atoms with Crippen LogP contribution in [0.5, 0.6) is 0 Å². The maximum absolute atomic E-state index is 15.2. The Bertz CT molecular complexity index is 3240. The zero-order chi connectivity index (χ0) is 36.5. The van der Waals surface area contributed by atoms with Gasteiger partial charge in [-0.2, -0.15) is 4.36 Å². The molecule has 0 N–H and O–H groups in total. The number of hydrogen-bond acceptors (Lipinski definition) is 2. The lowest BCUT2D eigenvalue weighted by Gasteiger charge is -2.21. The third-order valence-corrected chi connectivity index (χ3v) is 13.2.